The van der Waals surface area contributed by atoms with Crippen molar-refractivity contribution in [2.24, 2.45) is 0 Å². The van der Waals surface area contributed by atoms with Crippen LogP contribution in [0.3, 0.4) is 0 Å². The predicted molar refractivity (Wildman–Crippen MR) is 153 cm³/mol. The van der Waals surface area contributed by atoms with E-state index < -0.39 is 28.8 Å². The molecular formula is C29H53N3O5S. The molecule has 0 saturated carbocycles. The number of β-lactam (4-membered cyclic amide) rings is 1. The lowest BCUT2D eigenvalue weighted by Crippen LogP contribution is -2.70. The SMILES string of the molecule is CCCC[N+](CCCC)(CCCC)CCCC.COC(=O)/C=C(\C)NC1C(=O)N2[C@@H]1SC(C)(C)[C@@H]2C(=O)[O-]. The van der Waals surface area contributed by atoms with Crippen LogP contribution in [0, 0.1) is 0 Å². The fraction of sp³-hybridized carbons (Fsp3) is 0.828. The Morgan fingerprint density at radius 1 is 1.00 bits per heavy atom. The zero-order chi connectivity index (χ0) is 28.9. The molecule has 0 radical (unpaired) electrons. The lowest BCUT2D eigenvalue weighted by Gasteiger charge is -2.45. The fourth-order valence-corrected chi connectivity index (χ4v) is 6.91. The van der Waals surface area contributed by atoms with Crippen molar-refractivity contribution in [3.05, 3.63) is 11.8 Å². The van der Waals surface area contributed by atoms with E-state index in [0.29, 0.717) is 5.70 Å². The molecule has 0 aromatic heterocycles. The van der Waals surface area contributed by atoms with Crippen LogP contribution >= 0.6 is 11.8 Å². The van der Waals surface area contributed by atoms with Crippen molar-refractivity contribution in [1.82, 2.24) is 10.2 Å². The molecule has 9 heteroatoms. The first-order valence-electron chi connectivity index (χ1n) is 14.5. The van der Waals surface area contributed by atoms with Crippen LogP contribution in [0.5, 0.6) is 0 Å². The molecule has 0 spiro atoms. The van der Waals surface area contributed by atoms with Gasteiger partial charge in [0.25, 0.3) is 0 Å². The minimum atomic E-state index is -1.25. The second-order valence-electron chi connectivity index (χ2n) is 11.2. The van der Waals surface area contributed by atoms with Gasteiger partial charge < -0.3 is 29.3 Å². The maximum absolute atomic E-state index is 12.2. The fourth-order valence-electron chi connectivity index (χ4n) is 5.29. The van der Waals surface area contributed by atoms with Gasteiger partial charge in [-0.3, -0.25) is 4.79 Å². The summed E-state index contributed by atoms with van der Waals surface area (Å²) in [6.07, 6.45) is 12.3. The number of carboxylic acids is 1. The number of fused-ring (bicyclic) bond motifs is 1. The van der Waals surface area contributed by atoms with E-state index in [9.17, 15) is 19.5 Å². The van der Waals surface area contributed by atoms with Gasteiger partial charge in [-0.2, -0.15) is 0 Å². The van der Waals surface area contributed by atoms with Crippen LogP contribution < -0.4 is 10.4 Å². The maximum Gasteiger partial charge on any atom is 0.332 e. The van der Waals surface area contributed by atoms with Gasteiger partial charge in [0.1, 0.15) is 11.4 Å². The first kappa shape index (κ1) is 34.3. The Kier molecular flexibility index (Phi) is 14.8. The van der Waals surface area contributed by atoms with Gasteiger partial charge in [0.2, 0.25) is 5.91 Å². The number of quaternary nitrogens is 1. The van der Waals surface area contributed by atoms with Gasteiger partial charge in [-0.1, -0.05) is 53.4 Å². The van der Waals surface area contributed by atoms with Gasteiger partial charge >= 0.3 is 5.97 Å². The van der Waals surface area contributed by atoms with E-state index in [4.69, 9.17) is 0 Å². The van der Waals surface area contributed by atoms with E-state index in [1.54, 1.807) is 20.8 Å². The smallest absolute Gasteiger partial charge is 0.332 e. The third-order valence-corrected chi connectivity index (χ3v) is 9.10. The summed E-state index contributed by atoms with van der Waals surface area (Å²) in [6, 6.07) is -1.48. The third kappa shape index (κ3) is 9.47. The zero-order valence-electron chi connectivity index (χ0n) is 25.1. The average molecular weight is 556 g/mol. The highest BCUT2D eigenvalue weighted by atomic mass is 32.2. The molecule has 0 aliphatic carbocycles. The number of carboxylic acid groups (broad SMARTS) is 1. The topological polar surface area (TPSA) is 98.8 Å². The molecule has 0 aromatic rings. The quantitative estimate of drug-likeness (QED) is 0.134. The summed E-state index contributed by atoms with van der Waals surface area (Å²) in [5.74, 6) is -2.07. The molecule has 1 N–H and O–H groups in total. The van der Waals surface area contributed by atoms with E-state index in [1.165, 1.54) is 112 Å². The van der Waals surface area contributed by atoms with Crippen LogP contribution in [0.25, 0.3) is 0 Å². The highest BCUT2D eigenvalue weighted by Gasteiger charge is 2.61. The number of amides is 1. The molecule has 2 aliphatic rings. The molecule has 0 bridgehead atoms. The van der Waals surface area contributed by atoms with E-state index in [-0.39, 0.29) is 11.3 Å². The van der Waals surface area contributed by atoms with Crippen LogP contribution in [0.15, 0.2) is 11.8 Å². The van der Waals surface area contributed by atoms with Gasteiger partial charge in [0.15, 0.2) is 0 Å². The maximum atomic E-state index is 12.2. The molecule has 3 atom stereocenters. The van der Waals surface area contributed by atoms with Crippen molar-refractivity contribution in [2.75, 3.05) is 33.3 Å². The number of rotatable bonds is 16. The lowest BCUT2D eigenvalue weighted by atomic mass is 9.96. The first-order valence-corrected chi connectivity index (χ1v) is 15.4. The molecule has 8 nitrogen and oxygen atoms in total. The van der Waals surface area contributed by atoms with Crippen LogP contribution in [-0.2, 0) is 19.1 Å². The number of methoxy groups -OCH3 is 1. The monoisotopic (exact) mass is 555 g/mol. The summed E-state index contributed by atoms with van der Waals surface area (Å²) in [6.45, 7) is 20.2. The molecule has 2 fully saturated rings. The Hall–Kier alpha value is -1.74. The molecule has 1 amide bonds. The van der Waals surface area contributed by atoms with E-state index >= 15 is 0 Å². The zero-order valence-corrected chi connectivity index (χ0v) is 26.0. The number of allylic oxidation sites excluding steroid dienone is 1. The van der Waals surface area contributed by atoms with E-state index in [0.717, 1.165) is 0 Å². The minimum absolute atomic E-state index is 0.281. The highest BCUT2D eigenvalue weighted by Crippen LogP contribution is 2.50. The van der Waals surface area contributed by atoms with Crippen molar-refractivity contribution in [3.63, 3.8) is 0 Å². The third-order valence-electron chi connectivity index (χ3n) is 7.53. The van der Waals surface area contributed by atoms with Crippen LogP contribution in [0.2, 0.25) is 0 Å². The number of carbonyl (C=O) groups is 3. The Morgan fingerprint density at radius 2 is 1.45 bits per heavy atom. The molecule has 2 saturated heterocycles. The number of hydrogen-bond donors (Lipinski definition) is 1. The molecule has 38 heavy (non-hydrogen) atoms. The molecule has 220 valence electrons. The van der Waals surface area contributed by atoms with Crippen molar-refractivity contribution in [1.29, 1.82) is 0 Å². The predicted octanol–water partition coefficient (Wildman–Crippen LogP) is 3.84. The number of nitrogens with zero attached hydrogens (tertiary/aromatic N) is 2. The summed E-state index contributed by atoms with van der Waals surface area (Å²) in [4.78, 5) is 35.9. The number of esters is 1. The van der Waals surface area contributed by atoms with Crippen molar-refractivity contribution in [3.8, 4) is 0 Å². The highest BCUT2D eigenvalue weighted by molar-refractivity contribution is 8.01. The Labute approximate surface area is 235 Å². The summed E-state index contributed by atoms with van der Waals surface area (Å²) < 4.78 is 5.31. The van der Waals surface area contributed by atoms with Crippen molar-refractivity contribution < 1.29 is 28.7 Å². The van der Waals surface area contributed by atoms with Gasteiger partial charge in [-0.05, 0) is 46.5 Å². The number of hydrogen-bond acceptors (Lipinski definition) is 7. The number of ether oxygens (including phenoxy) is 1. The summed E-state index contributed by atoms with van der Waals surface area (Å²) >= 11 is 1.41. The molecule has 2 aliphatic heterocycles. The largest absolute Gasteiger partial charge is 0.548 e. The van der Waals surface area contributed by atoms with Gasteiger partial charge in [0, 0.05) is 16.5 Å². The first-order chi connectivity index (χ1) is 17.9. The summed E-state index contributed by atoms with van der Waals surface area (Å²) in [5.41, 5.74) is 0.496. The second kappa shape index (κ2) is 16.4. The lowest BCUT2D eigenvalue weighted by molar-refractivity contribution is -0.929. The molecule has 2 rings (SSSR count). The average Bonchev–Trinajstić information content (AvgIpc) is 3.14. The number of unbranched alkanes of at least 4 members (excludes halogenated alkanes) is 4. The van der Waals surface area contributed by atoms with E-state index in [2.05, 4.69) is 37.7 Å². The molecular weight excluding hydrogens is 502 g/mol. The van der Waals surface area contributed by atoms with E-state index in [1.807, 2.05) is 0 Å². The van der Waals surface area contributed by atoms with Gasteiger partial charge in [-0.25, -0.2) is 4.79 Å². The van der Waals surface area contributed by atoms with Crippen molar-refractivity contribution >= 4 is 29.6 Å². The number of carbonyl (C=O) groups excluding carboxylic acids is 3. The molecule has 1 unspecified atom stereocenters. The summed E-state index contributed by atoms with van der Waals surface area (Å²) in [5, 5.41) is 13.9. The molecule has 0 aromatic carbocycles. The van der Waals surface area contributed by atoms with Crippen molar-refractivity contribution in [2.45, 2.75) is 122 Å². The standard InChI is InChI=1S/C16H36N.C13H18N2O5S/c1-5-9-13-17(14-10-6-2,15-11-7-3)16-12-8-4;1-6(5-7(16)20-4)14-8-10(17)15-9(12(18)19)13(2,3)21-11(8)15/h5-16H2,1-4H3;5,8-9,11,14H,1-4H3,(H,18,19)/q+1;/p-1/b;6-5+/t;8?,9-,11+/m.0/s1. The normalized spacial score (nSPS) is 22.2. The second-order valence-corrected chi connectivity index (χ2v) is 13.0. The Morgan fingerprint density at radius 3 is 1.82 bits per heavy atom. The van der Waals surface area contributed by atoms with Crippen LogP contribution in [0.1, 0.15) is 99.8 Å². The minimum Gasteiger partial charge on any atom is -0.548 e. The number of thioether (sulfide) groups is 1. The Balaban J connectivity index is 0.000000391. The van der Waals surface area contributed by atoms with Gasteiger partial charge in [-0.15, -0.1) is 11.8 Å². The molecule has 2 heterocycles. The van der Waals surface area contributed by atoms with Gasteiger partial charge in [0.05, 0.1) is 45.3 Å². The van der Waals surface area contributed by atoms with Crippen LogP contribution in [0.4, 0.5) is 0 Å². The summed E-state index contributed by atoms with van der Waals surface area (Å²) in [7, 11) is 1.27. The Bertz CT molecular complexity index is 764. The number of nitrogens with one attached hydrogen (secondary N) is 1. The number of aliphatic carboxylic acids is 1. The van der Waals surface area contributed by atoms with Crippen LogP contribution in [-0.4, -0.2) is 82.7 Å².